The number of hydrogen-bond acceptors (Lipinski definition) is 4. The number of Topliss-reactive ketones (excluding diaryl/α,β-unsaturated/α-hetero) is 1. The molecule has 0 bridgehead atoms. The quantitative estimate of drug-likeness (QED) is 0.243. The number of carbonyl (C=O) groups is 1. The molecule has 1 aliphatic heterocycles. The van der Waals surface area contributed by atoms with Gasteiger partial charge in [0.15, 0.2) is 19.9 Å². The van der Waals surface area contributed by atoms with Crippen molar-refractivity contribution in [1.29, 1.82) is 0 Å². The number of rotatable bonds is 11. The maximum absolute atomic E-state index is 12.9. The molecule has 0 aromatic rings. The first-order valence-corrected chi connectivity index (χ1v) is 13.4. The summed E-state index contributed by atoms with van der Waals surface area (Å²) in [5.74, 6) is -0.641. The van der Waals surface area contributed by atoms with Crippen molar-refractivity contribution in [1.82, 2.24) is 0 Å². The van der Waals surface area contributed by atoms with Crippen LogP contribution in [0.25, 0.3) is 0 Å². The molecule has 0 aromatic heterocycles. The highest BCUT2D eigenvalue weighted by Gasteiger charge is 2.50. The Bertz CT molecular complexity index is 493. The van der Waals surface area contributed by atoms with E-state index in [1.165, 1.54) is 0 Å². The van der Waals surface area contributed by atoms with Gasteiger partial charge in [-0.2, -0.15) is 0 Å². The van der Waals surface area contributed by atoms with Crippen LogP contribution in [0.1, 0.15) is 80.1 Å². The summed E-state index contributed by atoms with van der Waals surface area (Å²) in [5, 5.41) is 0.107. The van der Waals surface area contributed by atoms with E-state index in [1.807, 2.05) is 19.9 Å². The SMILES string of the molecule is C=CCCCC(=O)[C@H]1OC(C)(C)O[C@@H]1[C@H](CCCC)O[Si](C)(C)C(C)(C)C. The van der Waals surface area contributed by atoms with Crippen LogP contribution in [0.2, 0.25) is 18.1 Å². The molecular weight excluding hydrogens is 356 g/mol. The van der Waals surface area contributed by atoms with Gasteiger partial charge in [0, 0.05) is 6.42 Å². The molecule has 0 radical (unpaired) electrons. The van der Waals surface area contributed by atoms with Crippen molar-refractivity contribution in [2.24, 2.45) is 0 Å². The molecule has 27 heavy (non-hydrogen) atoms. The highest BCUT2D eigenvalue weighted by atomic mass is 28.4. The molecule has 3 atom stereocenters. The maximum Gasteiger partial charge on any atom is 0.192 e. The summed E-state index contributed by atoms with van der Waals surface area (Å²) in [5.41, 5.74) is 0. The first-order chi connectivity index (χ1) is 12.3. The van der Waals surface area contributed by atoms with Crippen molar-refractivity contribution < 1.29 is 18.7 Å². The summed E-state index contributed by atoms with van der Waals surface area (Å²) in [6.07, 6.45) is 6.03. The Morgan fingerprint density at radius 1 is 1.26 bits per heavy atom. The minimum atomic E-state index is -1.99. The molecule has 1 saturated heterocycles. The zero-order valence-corrected chi connectivity index (χ0v) is 19.9. The molecule has 0 N–H and O–H groups in total. The summed E-state index contributed by atoms with van der Waals surface area (Å²) < 4.78 is 19.0. The average molecular weight is 399 g/mol. The Morgan fingerprint density at radius 2 is 1.89 bits per heavy atom. The lowest BCUT2D eigenvalue weighted by molar-refractivity contribution is -0.159. The molecule has 4 nitrogen and oxygen atoms in total. The Balaban J connectivity index is 3.04. The van der Waals surface area contributed by atoms with E-state index in [-0.39, 0.29) is 23.0 Å². The third kappa shape index (κ3) is 7.12. The van der Waals surface area contributed by atoms with Crippen LogP contribution in [-0.2, 0) is 18.7 Å². The lowest BCUT2D eigenvalue weighted by Gasteiger charge is -2.41. The van der Waals surface area contributed by atoms with E-state index >= 15 is 0 Å². The van der Waals surface area contributed by atoms with Gasteiger partial charge in [0.2, 0.25) is 0 Å². The number of hydrogen-bond donors (Lipinski definition) is 0. The fraction of sp³-hybridized carbons (Fsp3) is 0.864. The molecule has 1 fully saturated rings. The first-order valence-electron chi connectivity index (χ1n) is 10.5. The lowest BCUT2D eigenvalue weighted by atomic mass is 9.97. The van der Waals surface area contributed by atoms with Gasteiger partial charge in [-0.15, -0.1) is 6.58 Å². The summed E-state index contributed by atoms with van der Waals surface area (Å²) in [4.78, 5) is 12.9. The third-order valence-electron chi connectivity index (χ3n) is 5.74. The van der Waals surface area contributed by atoms with Gasteiger partial charge >= 0.3 is 0 Å². The lowest BCUT2D eigenvalue weighted by Crippen LogP contribution is -2.50. The van der Waals surface area contributed by atoms with Gasteiger partial charge < -0.3 is 13.9 Å². The Labute approximate surface area is 168 Å². The molecule has 158 valence electrons. The van der Waals surface area contributed by atoms with E-state index in [1.54, 1.807) is 0 Å². The van der Waals surface area contributed by atoms with E-state index in [0.29, 0.717) is 6.42 Å². The fourth-order valence-electron chi connectivity index (χ4n) is 3.12. The highest BCUT2D eigenvalue weighted by molar-refractivity contribution is 6.74. The van der Waals surface area contributed by atoms with Crippen LogP contribution in [0.15, 0.2) is 12.7 Å². The van der Waals surface area contributed by atoms with E-state index in [9.17, 15) is 4.79 Å². The molecule has 0 spiro atoms. The zero-order chi connectivity index (χ0) is 20.9. The molecule has 0 aromatic carbocycles. The largest absolute Gasteiger partial charge is 0.411 e. The van der Waals surface area contributed by atoms with Gasteiger partial charge in [-0.05, 0) is 51.2 Å². The van der Waals surface area contributed by atoms with Crippen molar-refractivity contribution in [3.8, 4) is 0 Å². The van der Waals surface area contributed by atoms with E-state index in [4.69, 9.17) is 13.9 Å². The van der Waals surface area contributed by atoms with Gasteiger partial charge in [0.1, 0.15) is 12.2 Å². The van der Waals surface area contributed by atoms with Gasteiger partial charge in [-0.3, -0.25) is 4.79 Å². The monoisotopic (exact) mass is 398 g/mol. The summed E-state index contributed by atoms with van der Waals surface area (Å²) >= 11 is 0. The third-order valence-corrected chi connectivity index (χ3v) is 10.2. The van der Waals surface area contributed by atoms with Gasteiger partial charge in [0.05, 0.1) is 6.10 Å². The van der Waals surface area contributed by atoms with Crippen LogP contribution in [0.4, 0.5) is 0 Å². The molecule has 5 heteroatoms. The smallest absolute Gasteiger partial charge is 0.192 e. The van der Waals surface area contributed by atoms with Crippen LogP contribution in [-0.4, -0.2) is 38.2 Å². The second-order valence-electron chi connectivity index (χ2n) is 9.73. The van der Waals surface area contributed by atoms with Crippen molar-refractivity contribution in [2.45, 2.75) is 122 Å². The molecule has 1 aliphatic rings. The predicted molar refractivity (Wildman–Crippen MR) is 114 cm³/mol. The first kappa shape index (κ1) is 24.5. The van der Waals surface area contributed by atoms with E-state index in [2.05, 4.69) is 47.4 Å². The highest BCUT2D eigenvalue weighted by Crippen LogP contribution is 2.41. The molecule has 1 heterocycles. The van der Waals surface area contributed by atoms with Crippen LogP contribution in [0.3, 0.4) is 0 Å². The van der Waals surface area contributed by atoms with Gasteiger partial charge in [0.25, 0.3) is 0 Å². The molecule has 0 amide bonds. The Kier molecular flexibility index (Phi) is 8.92. The van der Waals surface area contributed by atoms with E-state index < -0.39 is 20.2 Å². The van der Waals surface area contributed by atoms with Crippen LogP contribution in [0.5, 0.6) is 0 Å². The van der Waals surface area contributed by atoms with Crippen molar-refractivity contribution in [3.63, 3.8) is 0 Å². The van der Waals surface area contributed by atoms with Gasteiger partial charge in [-0.25, -0.2) is 0 Å². The second kappa shape index (κ2) is 9.81. The van der Waals surface area contributed by atoms with Crippen LogP contribution in [0, 0.1) is 0 Å². The summed E-state index contributed by atoms with van der Waals surface area (Å²) in [7, 11) is -1.99. The normalized spacial score (nSPS) is 24.0. The standard InChI is InChI=1S/C22H42O4Si/c1-10-12-14-15-17(23)19-20(25-22(6,7)24-19)18(16-13-11-2)26-27(8,9)21(3,4)5/h10,18-20H,1,11-16H2,2-9H3/t18-,19+,20+/m0/s1. The molecule has 0 unspecified atom stereocenters. The minimum Gasteiger partial charge on any atom is -0.411 e. The van der Waals surface area contributed by atoms with Crippen LogP contribution < -0.4 is 0 Å². The average Bonchev–Trinajstić information content (AvgIpc) is 2.86. The minimum absolute atomic E-state index is 0.107. The number of unbranched alkanes of at least 4 members (excludes halogenated alkanes) is 2. The molecule has 0 saturated carbocycles. The van der Waals surface area contributed by atoms with Gasteiger partial charge in [-0.1, -0.05) is 46.6 Å². The van der Waals surface area contributed by atoms with Crippen molar-refractivity contribution in [3.05, 3.63) is 12.7 Å². The van der Waals surface area contributed by atoms with Crippen molar-refractivity contribution in [2.75, 3.05) is 0 Å². The van der Waals surface area contributed by atoms with Crippen LogP contribution >= 0.6 is 0 Å². The maximum atomic E-state index is 12.9. The predicted octanol–water partition coefficient (Wildman–Crippen LogP) is 6.01. The number of ketones is 1. The number of ether oxygens (including phenoxy) is 2. The van der Waals surface area contributed by atoms with Crippen molar-refractivity contribution >= 4 is 14.1 Å². The second-order valence-corrected chi connectivity index (χ2v) is 14.5. The Morgan fingerprint density at radius 3 is 2.41 bits per heavy atom. The molecule has 0 aliphatic carbocycles. The topological polar surface area (TPSA) is 44.8 Å². The zero-order valence-electron chi connectivity index (χ0n) is 18.9. The van der Waals surface area contributed by atoms with E-state index in [0.717, 1.165) is 32.1 Å². The number of allylic oxidation sites excluding steroid dienone is 1. The fourth-order valence-corrected chi connectivity index (χ4v) is 4.49. The summed E-state index contributed by atoms with van der Waals surface area (Å²) in [6.45, 7) is 20.9. The summed E-state index contributed by atoms with van der Waals surface area (Å²) in [6, 6.07) is 0. The number of carbonyl (C=O) groups excluding carboxylic acids is 1. The Hall–Kier alpha value is -0.493. The molecule has 1 rings (SSSR count). The molecular formula is C22H42O4Si.